The molecule has 0 radical (unpaired) electrons. The highest BCUT2D eigenvalue weighted by Crippen LogP contribution is 2.19. The lowest BCUT2D eigenvalue weighted by Gasteiger charge is -2.18. The predicted octanol–water partition coefficient (Wildman–Crippen LogP) is 3.97. The molecular formula is C32H29N3O5S. The van der Waals surface area contributed by atoms with Gasteiger partial charge >= 0.3 is 0 Å². The minimum Gasteiger partial charge on any atom is -0.456 e. The summed E-state index contributed by atoms with van der Waals surface area (Å²) in [7, 11) is 0.0590. The second-order valence-corrected chi connectivity index (χ2v) is 11.3. The Bertz CT molecular complexity index is 1960. The van der Waals surface area contributed by atoms with Crippen molar-refractivity contribution in [3.05, 3.63) is 124 Å². The van der Waals surface area contributed by atoms with E-state index < -0.39 is 10.1 Å². The van der Waals surface area contributed by atoms with E-state index in [2.05, 4.69) is 21.3 Å². The third-order valence-corrected chi connectivity index (χ3v) is 7.63. The maximum atomic E-state index is 13.1. The van der Waals surface area contributed by atoms with Crippen molar-refractivity contribution in [1.29, 1.82) is 0 Å². The van der Waals surface area contributed by atoms with Crippen LogP contribution in [-0.4, -0.2) is 42.9 Å². The third kappa shape index (κ3) is 6.21. The fourth-order valence-electron chi connectivity index (χ4n) is 4.56. The molecule has 0 unspecified atom stereocenters. The lowest BCUT2D eigenvalue weighted by Crippen LogP contribution is -2.22. The molecule has 6 rings (SSSR count). The largest absolute Gasteiger partial charge is 0.456 e. The molecule has 8 nitrogen and oxygen atoms in total. The summed E-state index contributed by atoms with van der Waals surface area (Å²) in [6, 6.07) is 15.4. The van der Waals surface area contributed by atoms with Crippen molar-refractivity contribution in [3.8, 4) is 0 Å². The third-order valence-electron chi connectivity index (χ3n) is 6.76. The SMILES string of the molecule is CN(C)C1=CC=c2oc3c(c2C1)C=C(NC(=O)c1ccnc2ccccc12)C=CC=3.Cc1ccc(S(=O)(=O)O)cc1. The Hall–Kier alpha value is -4.73. The average molecular weight is 568 g/mol. The van der Waals surface area contributed by atoms with Gasteiger partial charge in [-0.3, -0.25) is 14.3 Å². The first-order valence-corrected chi connectivity index (χ1v) is 14.3. The van der Waals surface area contributed by atoms with Gasteiger partial charge in [0.2, 0.25) is 0 Å². The van der Waals surface area contributed by atoms with E-state index in [0.717, 1.165) is 50.5 Å². The van der Waals surface area contributed by atoms with E-state index in [9.17, 15) is 13.2 Å². The summed E-state index contributed by atoms with van der Waals surface area (Å²) in [6.45, 7) is 1.84. The number of allylic oxidation sites excluding steroid dienone is 4. The predicted molar refractivity (Wildman–Crippen MR) is 160 cm³/mol. The Labute approximate surface area is 238 Å². The number of benzene rings is 2. The maximum Gasteiger partial charge on any atom is 0.294 e. The molecule has 2 aliphatic rings. The lowest BCUT2D eigenvalue weighted by atomic mass is 10.0. The zero-order valence-electron chi connectivity index (χ0n) is 22.8. The number of likely N-dealkylation sites (N-methyl/N-ethyl adjacent to an activating group) is 1. The zero-order chi connectivity index (χ0) is 29.1. The normalized spacial score (nSPS) is 13.7. The minimum atomic E-state index is -4.02. The van der Waals surface area contributed by atoms with Crippen molar-refractivity contribution < 1.29 is 22.2 Å². The number of nitrogens with one attached hydrogen (secondary N) is 1. The number of para-hydroxylation sites is 1. The molecule has 1 amide bonds. The summed E-state index contributed by atoms with van der Waals surface area (Å²) in [4.78, 5) is 19.4. The van der Waals surface area contributed by atoms with Gasteiger partial charge in [-0.25, -0.2) is 0 Å². The smallest absolute Gasteiger partial charge is 0.294 e. The number of aromatic nitrogens is 1. The Balaban J connectivity index is 0.000000259. The van der Waals surface area contributed by atoms with Gasteiger partial charge in [0.25, 0.3) is 16.0 Å². The Morgan fingerprint density at radius 1 is 1.00 bits per heavy atom. The van der Waals surface area contributed by atoms with Crippen molar-refractivity contribution in [1.82, 2.24) is 15.2 Å². The van der Waals surface area contributed by atoms with Crippen LogP contribution in [0.2, 0.25) is 0 Å². The van der Waals surface area contributed by atoms with Gasteiger partial charge in [0.15, 0.2) is 0 Å². The molecule has 0 spiro atoms. The van der Waals surface area contributed by atoms with Crippen LogP contribution in [0, 0.1) is 6.92 Å². The highest BCUT2D eigenvalue weighted by Gasteiger charge is 2.18. The Morgan fingerprint density at radius 2 is 1.76 bits per heavy atom. The van der Waals surface area contributed by atoms with Gasteiger partial charge in [-0.15, -0.1) is 0 Å². The molecule has 2 aromatic carbocycles. The fraction of sp³-hybridized carbons (Fsp3) is 0.125. The molecule has 0 saturated heterocycles. The summed E-state index contributed by atoms with van der Waals surface area (Å²) in [6.07, 6.45) is 14.3. The number of hydrogen-bond donors (Lipinski definition) is 2. The standard InChI is InChI=1S/C25H21N3O2.C7H8O3S/c1-28(2)17-10-11-24-21(15-17)20-14-16(6-5-9-23(20)30-24)27-25(29)19-12-13-26-22-8-4-3-7-18(19)22;1-6-2-4-7(5-3-6)11(8,9)10/h3-14H,15H2,1-2H3,(H,27,29);2-5H,1H3,(H,8,9,10). The van der Waals surface area contributed by atoms with Gasteiger partial charge in [-0.05, 0) is 61.6 Å². The quantitative estimate of drug-likeness (QED) is 0.359. The highest BCUT2D eigenvalue weighted by molar-refractivity contribution is 7.85. The first-order valence-electron chi connectivity index (χ1n) is 12.9. The molecule has 0 aliphatic heterocycles. The molecule has 0 saturated carbocycles. The molecule has 9 heteroatoms. The molecule has 2 aromatic heterocycles. The van der Waals surface area contributed by atoms with Crippen LogP contribution in [0.15, 0.2) is 99.7 Å². The van der Waals surface area contributed by atoms with Crippen molar-refractivity contribution in [3.63, 3.8) is 0 Å². The number of furan rings is 1. The molecule has 2 heterocycles. The van der Waals surface area contributed by atoms with E-state index in [1.165, 1.54) is 17.8 Å². The minimum absolute atomic E-state index is 0.0666. The number of nitrogens with zero attached hydrogens (tertiary/aromatic N) is 2. The first kappa shape index (κ1) is 27.8. The van der Waals surface area contributed by atoms with E-state index in [-0.39, 0.29) is 10.8 Å². The molecule has 208 valence electrons. The van der Waals surface area contributed by atoms with Crippen LogP contribution in [0.1, 0.15) is 27.0 Å². The van der Waals surface area contributed by atoms with Gasteiger partial charge in [0, 0.05) is 54.6 Å². The van der Waals surface area contributed by atoms with E-state index in [4.69, 9.17) is 8.97 Å². The Kier molecular flexibility index (Phi) is 7.74. The van der Waals surface area contributed by atoms with Crippen LogP contribution in [0.25, 0.3) is 29.1 Å². The van der Waals surface area contributed by atoms with E-state index >= 15 is 0 Å². The average Bonchev–Trinajstić information content (AvgIpc) is 3.16. The molecule has 2 N–H and O–H groups in total. The lowest BCUT2D eigenvalue weighted by molar-refractivity contribution is 0.0969. The van der Waals surface area contributed by atoms with Crippen LogP contribution in [0.3, 0.4) is 0 Å². The molecule has 0 bridgehead atoms. The molecular weight excluding hydrogens is 538 g/mol. The summed E-state index contributed by atoms with van der Waals surface area (Å²) in [5.41, 5.74) is 8.12. The van der Waals surface area contributed by atoms with Gasteiger partial charge in [0.1, 0.15) is 10.8 Å². The van der Waals surface area contributed by atoms with Crippen LogP contribution in [0.4, 0.5) is 0 Å². The summed E-state index contributed by atoms with van der Waals surface area (Å²) in [5.74, 6) is -0.161. The van der Waals surface area contributed by atoms with E-state index in [1.54, 1.807) is 24.4 Å². The number of hydrogen-bond acceptors (Lipinski definition) is 6. The first-order chi connectivity index (χ1) is 19.6. The second kappa shape index (κ2) is 11.4. The molecule has 41 heavy (non-hydrogen) atoms. The Morgan fingerprint density at radius 3 is 2.49 bits per heavy atom. The van der Waals surface area contributed by atoms with Crippen LogP contribution in [-0.2, 0) is 16.5 Å². The number of fused-ring (bicyclic) bond motifs is 4. The number of pyridine rings is 1. The number of carbonyl (C=O) groups is 1. The number of aryl methyl sites for hydroxylation is 1. The molecule has 2 aliphatic carbocycles. The van der Waals surface area contributed by atoms with Gasteiger partial charge < -0.3 is 14.6 Å². The maximum absolute atomic E-state index is 13.1. The van der Waals surface area contributed by atoms with Gasteiger partial charge in [0.05, 0.1) is 16.0 Å². The number of carbonyl (C=O) groups excluding carboxylic acids is 1. The molecule has 4 aromatic rings. The summed E-state index contributed by atoms with van der Waals surface area (Å²) < 4.78 is 35.6. The number of amides is 1. The van der Waals surface area contributed by atoms with Crippen molar-refractivity contribution >= 4 is 45.2 Å². The molecule has 0 atom stereocenters. The topological polar surface area (TPSA) is 113 Å². The second-order valence-electron chi connectivity index (χ2n) is 9.86. The van der Waals surface area contributed by atoms with Crippen molar-refractivity contribution in [2.24, 2.45) is 0 Å². The van der Waals surface area contributed by atoms with E-state index in [1.807, 2.05) is 75.7 Å². The van der Waals surface area contributed by atoms with Crippen LogP contribution in [0.5, 0.6) is 0 Å². The summed E-state index contributed by atoms with van der Waals surface area (Å²) in [5, 5.41) is 3.88. The van der Waals surface area contributed by atoms with E-state index in [0.29, 0.717) is 5.56 Å². The van der Waals surface area contributed by atoms with Crippen molar-refractivity contribution in [2.75, 3.05) is 14.1 Å². The number of rotatable bonds is 4. The van der Waals surface area contributed by atoms with Crippen LogP contribution < -0.4 is 16.1 Å². The van der Waals surface area contributed by atoms with Crippen LogP contribution >= 0.6 is 0 Å². The van der Waals surface area contributed by atoms with Gasteiger partial charge in [-0.1, -0.05) is 42.0 Å². The fourth-order valence-corrected chi connectivity index (χ4v) is 5.04. The van der Waals surface area contributed by atoms with Crippen molar-refractivity contribution in [2.45, 2.75) is 18.2 Å². The monoisotopic (exact) mass is 567 g/mol. The van der Waals surface area contributed by atoms with Gasteiger partial charge in [-0.2, -0.15) is 8.42 Å². The highest BCUT2D eigenvalue weighted by atomic mass is 32.2. The molecule has 0 fully saturated rings. The summed E-state index contributed by atoms with van der Waals surface area (Å²) >= 11 is 0. The zero-order valence-corrected chi connectivity index (χ0v) is 23.6.